The number of alkyl halides is 6. The van der Waals surface area contributed by atoms with E-state index >= 15 is 0 Å². The van der Waals surface area contributed by atoms with E-state index in [-0.39, 0.29) is 11.1 Å². The standard InChI is InChI=1S/C16H12F7O/c1-9-6-10(2)8-11(7-9)14(15(18,19)20,16(21,22)23)12-4-3-5-24-13(12)17/h3,5,7-8H,4H2,1-2H3. The third kappa shape index (κ3) is 2.78. The molecule has 0 unspecified atom stereocenters. The molecule has 24 heavy (non-hydrogen) atoms. The lowest BCUT2D eigenvalue weighted by Gasteiger charge is -2.40. The second-order valence-corrected chi connectivity index (χ2v) is 5.43. The van der Waals surface area contributed by atoms with Crippen molar-refractivity contribution in [3.05, 3.63) is 58.8 Å². The molecule has 0 atom stereocenters. The minimum absolute atomic E-state index is 0.0798. The van der Waals surface area contributed by atoms with Gasteiger partial charge in [-0.2, -0.15) is 30.7 Å². The fourth-order valence-corrected chi connectivity index (χ4v) is 2.84. The third-order valence-electron chi connectivity index (χ3n) is 3.70. The van der Waals surface area contributed by atoms with E-state index in [4.69, 9.17) is 0 Å². The van der Waals surface area contributed by atoms with Gasteiger partial charge in [-0.15, -0.1) is 0 Å². The summed E-state index contributed by atoms with van der Waals surface area (Å²) in [5, 5.41) is 0. The van der Waals surface area contributed by atoms with Crippen molar-refractivity contribution in [1.29, 1.82) is 0 Å². The monoisotopic (exact) mass is 353 g/mol. The van der Waals surface area contributed by atoms with E-state index in [2.05, 4.69) is 10.8 Å². The summed E-state index contributed by atoms with van der Waals surface area (Å²) in [6.07, 6.45) is -10.9. The molecule has 0 saturated carbocycles. The van der Waals surface area contributed by atoms with Gasteiger partial charge in [0.25, 0.3) is 6.01 Å². The summed E-state index contributed by atoms with van der Waals surface area (Å²) in [6, 6.07) is 2.15. The van der Waals surface area contributed by atoms with Crippen LogP contribution in [0.4, 0.5) is 30.7 Å². The van der Waals surface area contributed by atoms with Crippen LogP contribution in [-0.2, 0) is 10.2 Å². The van der Waals surface area contributed by atoms with Crippen LogP contribution in [0.5, 0.6) is 0 Å². The van der Waals surface area contributed by atoms with Crippen LogP contribution < -0.4 is 0 Å². The van der Waals surface area contributed by atoms with Crippen molar-refractivity contribution in [2.45, 2.75) is 38.0 Å². The lowest BCUT2D eigenvalue weighted by atomic mass is 9.70. The van der Waals surface area contributed by atoms with Gasteiger partial charge in [0.05, 0.1) is 6.26 Å². The van der Waals surface area contributed by atoms with Crippen molar-refractivity contribution < 1.29 is 35.5 Å². The molecule has 1 aliphatic rings. The predicted molar refractivity (Wildman–Crippen MR) is 71.5 cm³/mol. The molecule has 0 fully saturated rings. The number of rotatable bonds is 2. The molecule has 2 rings (SSSR count). The van der Waals surface area contributed by atoms with Crippen LogP contribution in [0, 0.1) is 19.9 Å². The van der Waals surface area contributed by atoms with Crippen molar-refractivity contribution in [2.24, 2.45) is 0 Å². The van der Waals surface area contributed by atoms with E-state index in [0.29, 0.717) is 18.4 Å². The molecular formula is C16H12F7O. The van der Waals surface area contributed by atoms with Crippen LogP contribution >= 0.6 is 0 Å². The average Bonchev–Trinajstić information content (AvgIpc) is 2.37. The molecule has 131 valence electrons. The number of hydrogen-bond donors (Lipinski definition) is 0. The summed E-state index contributed by atoms with van der Waals surface area (Å²) >= 11 is 0. The topological polar surface area (TPSA) is 9.23 Å². The lowest BCUT2D eigenvalue weighted by molar-refractivity contribution is -0.291. The smallest absolute Gasteiger partial charge is 0.411 e. The van der Waals surface area contributed by atoms with E-state index in [1.54, 1.807) is 0 Å². The van der Waals surface area contributed by atoms with E-state index in [9.17, 15) is 30.7 Å². The summed E-state index contributed by atoms with van der Waals surface area (Å²) in [5.74, 6) is 0. The third-order valence-corrected chi connectivity index (χ3v) is 3.70. The number of halogens is 7. The lowest BCUT2D eigenvalue weighted by Crippen LogP contribution is -2.55. The highest BCUT2D eigenvalue weighted by Crippen LogP contribution is 2.58. The Kier molecular flexibility index (Phi) is 4.45. The SMILES string of the molecule is Cc1[c]c(C)cc(C(C2=C(F)OC=CC2)(C(F)(F)F)C(F)(F)F)c1. The van der Waals surface area contributed by atoms with Crippen LogP contribution in [0.25, 0.3) is 0 Å². The van der Waals surface area contributed by atoms with Crippen molar-refractivity contribution >= 4 is 0 Å². The van der Waals surface area contributed by atoms with Crippen LogP contribution in [0.3, 0.4) is 0 Å². The molecule has 8 heteroatoms. The summed E-state index contributed by atoms with van der Waals surface area (Å²) in [4.78, 5) is 0. The Hall–Kier alpha value is -1.99. The number of allylic oxidation sites excluding steroid dienone is 2. The van der Waals surface area contributed by atoms with Gasteiger partial charge >= 0.3 is 12.4 Å². The minimum atomic E-state index is -5.83. The van der Waals surface area contributed by atoms with Crippen molar-refractivity contribution in [2.75, 3.05) is 0 Å². The number of aryl methyl sites for hydroxylation is 2. The fourth-order valence-electron chi connectivity index (χ4n) is 2.84. The van der Waals surface area contributed by atoms with Crippen LogP contribution in [0.15, 0.2) is 36.1 Å². The zero-order chi connectivity index (χ0) is 18.3. The van der Waals surface area contributed by atoms with Crippen LogP contribution in [0.2, 0.25) is 0 Å². The fraction of sp³-hybridized carbons (Fsp3) is 0.375. The van der Waals surface area contributed by atoms with Crippen LogP contribution in [0.1, 0.15) is 23.1 Å². The molecule has 0 bridgehead atoms. The van der Waals surface area contributed by atoms with Crippen molar-refractivity contribution in [3.63, 3.8) is 0 Å². The Labute approximate surface area is 133 Å². The van der Waals surface area contributed by atoms with Gasteiger partial charge in [-0.05, 0) is 49.1 Å². The summed E-state index contributed by atoms with van der Waals surface area (Å²) in [5.41, 5.74) is -6.97. The Morgan fingerprint density at radius 3 is 1.88 bits per heavy atom. The second-order valence-electron chi connectivity index (χ2n) is 5.43. The molecule has 1 aliphatic heterocycles. The zero-order valence-electron chi connectivity index (χ0n) is 12.6. The van der Waals surface area contributed by atoms with Crippen molar-refractivity contribution in [3.8, 4) is 0 Å². The van der Waals surface area contributed by atoms with Gasteiger partial charge < -0.3 is 4.74 Å². The van der Waals surface area contributed by atoms with Gasteiger partial charge in [0.2, 0.25) is 5.41 Å². The Morgan fingerprint density at radius 1 is 0.958 bits per heavy atom. The van der Waals surface area contributed by atoms with E-state index in [0.717, 1.165) is 6.08 Å². The zero-order valence-corrected chi connectivity index (χ0v) is 12.6. The molecule has 0 aliphatic carbocycles. The van der Waals surface area contributed by atoms with E-state index < -0.39 is 41.3 Å². The molecule has 1 aromatic carbocycles. The first-order valence-corrected chi connectivity index (χ1v) is 6.76. The van der Waals surface area contributed by atoms with Crippen molar-refractivity contribution in [1.82, 2.24) is 0 Å². The molecule has 0 spiro atoms. The first-order valence-electron chi connectivity index (χ1n) is 6.76. The molecule has 0 amide bonds. The minimum Gasteiger partial charge on any atom is -0.440 e. The molecule has 1 heterocycles. The molecule has 1 radical (unpaired) electrons. The first kappa shape index (κ1) is 18.4. The van der Waals surface area contributed by atoms with Crippen LogP contribution in [-0.4, -0.2) is 12.4 Å². The predicted octanol–water partition coefficient (Wildman–Crippen LogP) is 5.58. The summed E-state index contributed by atoms with van der Waals surface area (Å²) in [7, 11) is 0. The first-order chi connectivity index (χ1) is 10.9. The number of benzene rings is 1. The Balaban J connectivity index is 2.93. The summed E-state index contributed by atoms with van der Waals surface area (Å²) in [6.45, 7) is 2.63. The van der Waals surface area contributed by atoms with E-state index in [1.807, 2.05) is 0 Å². The highest BCUT2D eigenvalue weighted by Gasteiger charge is 2.74. The number of ether oxygens (including phenoxy) is 1. The molecule has 0 N–H and O–H groups in total. The molecule has 1 aromatic rings. The molecular weight excluding hydrogens is 341 g/mol. The average molecular weight is 353 g/mol. The van der Waals surface area contributed by atoms with Gasteiger partial charge in [0, 0.05) is 5.57 Å². The quantitative estimate of drug-likeness (QED) is 0.631. The maximum atomic E-state index is 13.9. The Bertz CT molecular complexity index is 661. The van der Waals surface area contributed by atoms with Gasteiger partial charge in [0.1, 0.15) is 0 Å². The highest BCUT2D eigenvalue weighted by atomic mass is 19.4. The highest BCUT2D eigenvalue weighted by molar-refractivity contribution is 5.46. The van der Waals surface area contributed by atoms with E-state index in [1.165, 1.54) is 13.8 Å². The summed E-state index contributed by atoms with van der Waals surface area (Å²) < 4.78 is 101. The maximum absolute atomic E-state index is 13.9. The maximum Gasteiger partial charge on any atom is 0.411 e. The van der Waals surface area contributed by atoms with Gasteiger partial charge in [0.15, 0.2) is 0 Å². The van der Waals surface area contributed by atoms with Gasteiger partial charge in [-0.1, -0.05) is 12.1 Å². The second kappa shape index (κ2) is 5.82. The molecule has 0 aromatic heterocycles. The molecule has 0 saturated heterocycles. The van der Waals surface area contributed by atoms with Gasteiger partial charge in [-0.25, -0.2) is 0 Å². The Morgan fingerprint density at radius 2 is 1.46 bits per heavy atom. The molecule has 1 nitrogen and oxygen atoms in total. The number of hydrogen-bond acceptors (Lipinski definition) is 1. The normalized spacial score (nSPS) is 16.4. The largest absolute Gasteiger partial charge is 0.440 e. The van der Waals surface area contributed by atoms with Gasteiger partial charge in [-0.3, -0.25) is 0 Å².